The van der Waals surface area contributed by atoms with Gasteiger partial charge in [-0.2, -0.15) is 4.98 Å². The Morgan fingerprint density at radius 3 is 2.70 bits per heavy atom. The number of carbonyl (C=O) groups is 1. The van der Waals surface area contributed by atoms with Gasteiger partial charge in [-0.15, -0.1) is 0 Å². The maximum atomic E-state index is 13.9. The molecule has 37 heavy (non-hydrogen) atoms. The molecule has 0 spiro atoms. The molecule has 2 aliphatic heterocycles. The van der Waals surface area contributed by atoms with Crippen molar-refractivity contribution < 1.29 is 9.53 Å². The van der Waals surface area contributed by atoms with Crippen LogP contribution in [0.5, 0.6) is 0 Å². The molecule has 0 bridgehead atoms. The van der Waals surface area contributed by atoms with E-state index >= 15 is 0 Å². The molecule has 2 atom stereocenters. The first-order valence-electron chi connectivity index (χ1n) is 12.6. The summed E-state index contributed by atoms with van der Waals surface area (Å²) < 4.78 is 9.47. The van der Waals surface area contributed by atoms with E-state index in [-0.39, 0.29) is 12.6 Å². The van der Waals surface area contributed by atoms with Crippen molar-refractivity contribution in [3.05, 3.63) is 56.2 Å². The lowest BCUT2D eigenvalue weighted by molar-refractivity contribution is -0.146. The molecule has 1 aromatic carbocycles. The third-order valence-electron chi connectivity index (χ3n) is 7.45. The highest BCUT2D eigenvalue weighted by Gasteiger charge is 2.39. The Balaban J connectivity index is 1.67. The van der Waals surface area contributed by atoms with Crippen molar-refractivity contribution in [3.8, 4) is 0 Å². The fourth-order valence-electron chi connectivity index (χ4n) is 5.56. The second-order valence-electron chi connectivity index (χ2n) is 10.1. The van der Waals surface area contributed by atoms with E-state index in [2.05, 4.69) is 4.90 Å². The SMILES string of the molecule is CCn1c(N2CCCC(N)C2)nc2c1c(=O)n(CC1=NC(C)(C(=O)OC)Cc3ccccc31)c(=O)n2C. The molecule has 1 saturated heterocycles. The molecule has 5 rings (SSSR count). The van der Waals surface area contributed by atoms with Crippen LogP contribution in [0.3, 0.4) is 0 Å². The molecule has 11 heteroatoms. The Bertz CT molecular complexity index is 1530. The van der Waals surface area contributed by atoms with E-state index in [0.717, 1.165) is 30.5 Å². The molecule has 4 heterocycles. The number of fused-ring (bicyclic) bond motifs is 2. The summed E-state index contributed by atoms with van der Waals surface area (Å²) in [5.41, 5.74) is 7.03. The van der Waals surface area contributed by atoms with Crippen LogP contribution in [0.4, 0.5) is 5.95 Å². The Morgan fingerprint density at radius 1 is 1.24 bits per heavy atom. The molecule has 1 fully saturated rings. The smallest absolute Gasteiger partial charge is 0.333 e. The number of benzene rings is 1. The molecule has 0 saturated carbocycles. The lowest BCUT2D eigenvalue weighted by atomic mass is 9.85. The number of imidazole rings is 1. The van der Waals surface area contributed by atoms with Crippen LogP contribution in [0.1, 0.15) is 37.8 Å². The van der Waals surface area contributed by atoms with Crippen LogP contribution in [-0.2, 0) is 36.1 Å². The highest BCUT2D eigenvalue weighted by atomic mass is 16.5. The topological polar surface area (TPSA) is 130 Å². The van der Waals surface area contributed by atoms with Crippen LogP contribution in [0, 0.1) is 0 Å². The largest absolute Gasteiger partial charge is 0.467 e. The first-order valence-corrected chi connectivity index (χ1v) is 12.6. The van der Waals surface area contributed by atoms with E-state index in [1.54, 1.807) is 14.0 Å². The Morgan fingerprint density at radius 2 is 2.00 bits per heavy atom. The fourth-order valence-corrected chi connectivity index (χ4v) is 5.56. The third kappa shape index (κ3) is 4.07. The second kappa shape index (κ2) is 9.29. The summed E-state index contributed by atoms with van der Waals surface area (Å²) >= 11 is 0. The highest BCUT2D eigenvalue weighted by molar-refractivity contribution is 6.05. The minimum atomic E-state index is -1.15. The van der Waals surface area contributed by atoms with E-state index in [9.17, 15) is 14.4 Å². The van der Waals surface area contributed by atoms with Gasteiger partial charge in [0.2, 0.25) is 5.95 Å². The minimum absolute atomic E-state index is 0.0350. The van der Waals surface area contributed by atoms with E-state index in [4.69, 9.17) is 20.4 Å². The zero-order valence-corrected chi connectivity index (χ0v) is 21.7. The lowest BCUT2D eigenvalue weighted by Crippen LogP contribution is -2.45. The van der Waals surface area contributed by atoms with E-state index in [1.165, 1.54) is 16.2 Å². The van der Waals surface area contributed by atoms with Crippen LogP contribution < -0.4 is 21.9 Å². The number of nitrogens with two attached hydrogens (primary N) is 1. The van der Waals surface area contributed by atoms with Gasteiger partial charge in [0.1, 0.15) is 0 Å². The number of aromatic nitrogens is 4. The molecular formula is C26H33N7O4. The number of ether oxygens (including phenoxy) is 1. The molecule has 2 aromatic heterocycles. The van der Waals surface area contributed by atoms with E-state index in [0.29, 0.717) is 42.3 Å². The van der Waals surface area contributed by atoms with Crippen LogP contribution in [0.25, 0.3) is 11.2 Å². The fraction of sp³-hybridized carbons (Fsp3) is 0.500. The Hall–Kier alpha value is -3.73. The minimum Gasteiger partial charge on any atom is -0.467 e. The van der Waals surface area contributed by atoms with E-state index in [1.807, 2.05) is 35.8 Å². The summed E-state index contributed by atoms with van der Waals surface area (Å²) in [7, 11) is 2.95. The number of hydrogen-bond acceptors (Lipinski definition) is 8. The van der Waals surface area contributed by atoms with Gasteiger partial charge in [-0.3, -0.25) is 18.9 Å². The van der Waals surface area contributed by atoms with Crippen LogP contribution in [0.15, 0.2) is 38.8 Å². The number of hydrogen-bond donors (Lipinski definition) is 1. The summed E-state index contributed by atoms with van der Waals surface area (Å²) in [6, 6.07) is 7.63. The third-order valence-corrected chi connectivity index (χ3v) is 7.45. The maximum absolute atomic E-state index is 13.9. The normalized spacial score (nSPS) is 21.6. The van der Waals surface area contributed by atoms with Gasteiger partial charge in [-0.25, -0.2) is 9.59 Å². The first-order chi connectivity index (χ1) is 17.7. The van der Waals surface area contributed by atoms with Gasteiger partial charge < -0.3 is 19.9 Å². The van der Waals surface area contributed by atoms with Gasteiger partial charge in [0.15, 0.2) is 16.7 Å². The number of aliphatic imine (C=N–C) groups is 1. The summed E-state index contributed by atoms with van der Waals surface area (Å²) in [6.45, 7) is 5.52. The zero-order chi connectivity index (χ0) is 26.5. The van der Waals surface area contributed by atoms with Crippen molar-refractivity contribution in [2.75, 3.05) is 25.1 Å². The number of methoxy groups -OCH3 is 1. The molecule has 0 aliphatic carbocycles. The zero-order valence-electron chi connectivity index (χ0n) is 21.7. The number of carbonyl (C=O) groups excluding carboxylic acids is 1. The summed E-state index contributed by atoms with van der Waals surface area (Å²) in [6.07, 6.45) is 2.26. The van der Waals surface area contributed by atoms with Gasteiger partial charge >= 0.3 is 11.7 Å². The van der Waals surface area contributed by atoms with Gasteiger partial charge in [0, 0.05) is 44.7 Å². The monoisotopic (exact) mass is 507 g/mol. The molecule has 2 unspecified atom stereocenters. The predicted molar refractivity (Wildman–Crippen MR) is 141 cm³/mol. The molecule has 0 amide bonds. The lowest BCUT2D eigenvalue weighted by Gasteiger charge is -2.31. The maximum Gasteiger partial charge on any atom is 0.333 e. The van der Waals surface area contributed by atoms with Gasteiger partial charge in [-0.05, 0) is 32.3 Å². The van der Waals surface area contributed by atoms with E-state index < -0.39 is 22.8 Å². The quantitative estimate of drug-likeness (QED) is 0.506. The van der Waals surface area contributed by atoms with Gasteiger partial charge in [0.25, 0.3) is 5.56 Å². The van der Waals surface area contributed by atoms with Gasteiger partial charge in [-0.1, -0.05) is 24.3 Å². The number of rotatable bonds is 5. The number of esters is 1. The summed E-state index contributed by atoms with van der Waals surface area (Å²) in [5.74, 6) is 0.180. The number of nitrogens with zero attached hydrogens (tertiary/aromatic N) is 6. The van der Waals surface area contributed by atoms with Crippen LogP contribution in [0.2, 0.25) is 0 Å². The van der Waals surface area contributed by atoms with Crippen molar-refractivity contribution in [1.29, 1.82) is 0 Å². The second-order valence-corrected chi connectivity index (χ2v) is 10.1. The summed E-state index contributed by atoms with van der Waals surface area (Å²) in [4.78, 5) is 51.5. The highest BCUT2D eigenvalue weighted by Crippen LogP contribution is 2.29. The Kier molecular flexibility index (Phi) is 6.26. The van der Waals surface area contributed by atoms with Crippen molar-refractivity contribution in [2.45, 2.75) is 57.8 Å². The average Bonchev–Trinajstić information content (AvgIpc) is 3.29. The standard InChI is InChI=1S/C26H33N7O4/c1-5-32-20-21(28-24(32)31-12-8-10-17(27)14-31)30(3)25(36)33(22(20)34)15-19-18-11-7-6-9-16(18)13-26(2,29-19)23(35)37-4/h6-7,9,11,17H,5,8,10,12-15,27H2,1-4H3. The summed E-state index contributed by atoms with van der Waals surface area (Å²) in [5, 5.41) is 0. The van der Waals surface area contributed by atoms with Crippen molar-refractivity contribution >= 4 is 28.8 Å². The van der Waals surface area contributed by atoms with Crippen molar-refractivity contribution in [2.24, 2.45) is 17.8 Å². The number of piperidine rings is 1. The van der Waals surface area contributed by atoms with Crippen molar-refractivity contribution in [1.82, 2.24) is 18.7 Å². The van der Waals surface area contributed by atoms with Gasteiger partial charge in [0.05, 0.1) is 19.4 Å². The number of anilines is 1. The molecule has 196 valence electrons. The van der Waals surface area contributed by atoms with Crippen molar-refractivity contribution in [3.63, 3.8) is 0 Å². The molecule has 3 aromatic rings. The average molecular weight is 508 g/mol. The molecule has 11 nitrogen and oxygen atoms in total. The predicted octanol–water partition coefficient (Wildman–Crippen LogP) is 0.821. The van der Waals surface area contributed by atoms with Crippen LogP contribution >= 0.6 is 0 Å². The molecule has 0 radical (unpaired) electrons. The molecule has 2 aliphatic rings. The van der Waals surface area contributed by atoms with Crippen LogP contribution in [-0.4, -0.2) is 62.1 Å². The number of aryl methyl sites for hydroxylation is 2. The molecule has 2 N–H and O–H groups in total. The molecular weight excluding hydrogens is 474 g/mol. The Labute approximate surface area is 214 Å². The first kappa shape index (κ1) is 24.9.